The van der Waals surface area contributed by atoms with Crippen LogP contribution >= 0.6 is 15.9 Å². The van der Waals surface area contributed by atoms with Crippen LogP contribution in [0.5, 0.6) is 0 Å². The molecule has 0 fully saturated rings. The molecule has 0 aliphatic carbocycles. The molecule has 0 spiro atoms. The minimum atomic E-state index is -0.288. The zero-order chi connectivity index (χ0) is 13.4. The zero-order valence-electron chi connectivity index (χ0n) is 10.7. The summed E-state index contributed by atoms with van der Waals surface area (Å²) in [6, 6.07) is 7.99. The summed E-state index contributed by atoms with van der Waals surface area (Å²) in [6.45, 7) is 2.40. The van der Waals surface area contributed by atoms with Gasteiger partial charge < -0.3 is 10.4 Å². The number of hydrogen-bond acceptors (Lipinski definition) is 2. The lowest BCUT2D eigenvalue weighted by atomic mass is 10.1. The molecule has 1 unspecified atom stereocenters. The maximum absolute atomic E-state index is 11.6. The average Bonchev–Trinajstić information content (AvgIpc) is 2.32. The molecule has 2 N–H and O–H groups in total. The van der Waals surface area contributed by atoms with Crippen LogP contribution in [0.1, 0.15) is 31.7 Å². The molecule has 1 aromatic rings. The van der Waals surface area contributed by atoms with Crippen molar-refractivity contribution in [3.63, 3.8) is 0 Å². The minimum Gasteiger partial charge on any atom is -0.393 e. The number of nitrogens with one attached hydrogen (secondary N) is 1. The van der Waals surface area contributed by atoms with E-state index in [9.17, 15) is 4.79 Å². The van der Waals surface area contributed by atoms with Gasteiger partial charge in [-0.05, 0) is 43.9 Å². The van der Waals surface area contributed by atoms with Gasteiger partial charge in [0.05, 0.1) is 6.10 Å². The second kappa shape index (κ2) is 8.27. The van der Waals surface area contributed by atoms with Gasteiger partial charge in [-0.1, -0.05) is 28.1 Å². The van der Waals surface area contributed by atoms with Crippen molar-refractivity contribution in [1.82, 2.24) is 5.32 Å². The van der Waals surface area contributed by atoms with Crippen LogP contribution in [0.15, 0.2) is 28.7 Å². The minimum absolute atomic E-state index is 0.0700. The Labute approximate surface area is 117 Å². The van der Waals surface area contributed by atoms with E-state index in [-0.39, 0.29) is 12.0 Å². The highest BCUT2D eigenvalue weighted by Gasteiger charge is 2.02. The Kier molecular flexibility index (Phi) is 6.98. The lowest BCUT2D eigenvalue weighted by Gasteiger charge is -2.06. The molecule has 0 saturated heterocycles. The molecule has 1 rings (SSSR count). The standard InChI is InChI=1S/C14H20BrNO2/c1-11(17)4-3-9-16-14(18)8-7-12-5-2-6-13(15)10-12/h2,5-6,10-11,17H,3-4,7-9H2,1H3,(H,16,18). The van der Waals surface area contributed by atoms with Crippen LogP contribution in [0.4, 0.5) is 0 Å². The third-order valence-electron chi connectivity index (χ3n) is 2.65. The van der Waals surface area contributed by atoms with Gasteiger partial charge >= 0.3 is 0 Å². The van der Waals surface area contributed by atoms with Crippen molar-refractivity contribution in [1.29, 1.82) is 0 Å². The van der Waals surface area contributed by atoms with Crippen molar-refractivity contribution in [2.24, 2.45) is 0 Å². The van der Waals surface area contributed by atoms with Gasteiger partial charge in [0, 0.05) is 17.4 Å². The van der Waals surface area contributed by atoms with Crippen LogP contribution < -0.4 is 5.32 Å². The molecule has 0 saturated carbocycles. The van der Waals surface area contributed by atoms with E-state index in [1.807, 2.05) is 24.3 Å². The summed E-state index contributed by atoms with van der Waals surface area (Å²) in [5.41, 5.74) is 1.16. The number of amides is 1. The topological polar surface area (TPSA) is 49.3 Å². The average molecular weight is 314 g/mol. The van der Waals surface area contributed by atoms with E-state index >= 15 is 0 Å². The fourth-order valence-corrected chi connectivity index (χ4v) is 2.11. The first-order chi connectivity index (χ1) is 8.58. The van der Waals surface area contributed by atoms with Crippen LogP contribution in [0.2, 0.25) is 0 Å². The number of benzene rings is 1. The Hall–Kier alpha value is -0.870. The summed E-state index contributed by atoms with van der Waals surface area (Å²) in [7, 11) is 0. The number of hydrogen-bond donors (Lipinski definition) is 2. The maximum atomic E-state index is 11.6. The predicted molar refractivity (Wildman–Crippen MR) is 76.4 cm³/mol. The van der Waals surface area contributed by atoms with Gasteiger partial charge in [-0.25, -0.2) is 0 Å². The van der Waals surface area contributed by atoms with Crippen molar-refractivity contribution in [2.45, 2.75) is 38.7 Å². The molecule has 18 heavy (non-hydrogen) atoms. The molecule has 1 aromatic carbocycles. The molecule has 1 atom stereocenters. The van der Waals surface area contributed by atoms with E-state index in [2.05, 4.69) is 21.2 Å². The molecule has 1 amide bonds. The Morgan fingerprint density at radius 2 is 2.28 bits per heavy atom. The fourth-order valence-electron chi connectivity index (χ4n) is 1.66. The summed E-state index contributed by atoms with van der Waals surface area (Å²) >= 11 is 3.41. The highest BCUT2D eigenvalue weighted by Crippen LogP contribution is 2.12. The van der Waals surface area contributed by atoms with Crippen molar-refractivity contribution in [3.8, 4) is 0 Å². The third-order valence-corrected chi connectivity index (χ3v) is 3.14. The molecule has 0 radical (unpaired) electrons. The molecule has 0 bridgehead atoms. The number of rotatable bonds is 7. The maximum Gasteiger partial charge on any atom is 0.220 e. The van der Waals surface area contributed by atoms with Gasteiger partial charge in [0.25, 0.3) is 0 Å². The first-order valence-electron chi connectivity index (χ1n) is 6.27. The van der Waals surface area contributed by atoms with E-state index in [0.29, 0.717) is 13.0 Å². The molecule has 100 valence electrons. The fraction of sp³-hybridized carbons (Fsp3) is 0.500. The molecular weight excluding hydrogens is 294 g/mol. The first kappa shape index (κ1) is 15.2. The van der Waals surface area contributed by atoms with Gasteiger partial charge in [0.2, 0.25) is 5.91 Å². The number of aliphatic hydroxyl groups is 1. The second-order valence-corrected chi connectivity index (χ2v) is 5.39. The quantitative estimate of drug-likeness (QED) is 0.760. The van der Waals surface area contributed by atoms with Crippen LogP contribution in [0.3, 0.4) is 0 Å². The highest BCUT2D eigenvalue weighted by molar-refractivity contribution is 9.10. The van der Waals surface area contributed by atoms with Crippen molar-refractivity contribution >= 4 is 21.8 Å². The predicted octanol–water partition coefficient (Wildman–Crippen LogP) is 2.66. The van der Waals surface area contributed by atoms with Crippen LogP contribution in [0.25, 0.3) is 0 Å². The normalized spacial score (nSPS) is 12.2. The van der Waals surface area contributed by atoms with E-state index in [1.54, 1.807) is 6.92 Å². The smallest absolute Gasteiger partial charge is 0.220 e. The Morgan fingerprint density at radius 1 is 1.50 bits per heavy atom. The molecule has 3 nitrogen and oxygen atoms in total. The first-order valence-corrected chi connectivity index (χ1v) is 7.06. The number of aliphatic hydroxyl groups excluding tert-OH is 1. The van der Waals surface area contributed by atoms with Crippen molar-refractivity contribution in [2.75, 3.05) is 6.54 Å². The van der Waals surface area contributed by atoms with E-state index in [0.717, 1.165) is 29.3 Å². The lowest BCUT2D eigenvalue weighted by Crippen LogP contribution is -2.25. The second-order valence-electron chi connectivity index (χ2n) is 4.47. The SMILES string of the molecule is CC(O)CCCNC(=O)CCc1cccc(Br)c1. The van der Waals surface area contributed by atoms with Crippen molar-refractivity contribution < 1.29 is 9.90 Å². The molecular formula is C14H20BrNO2. The number of halogens is 1. The largest absolute Gasteiger partial charge is 0.393 e. The highest BCUT2D eigenvalue weighted by atomic mass is 79.9. The lowest BCUT2D eigenvalue weighted by molar-refractivity contribution is -0.121. The zero-order valence-corrected chi connectivity index (χ0v) is 12.2. The summed E-state index contributed by atoms with van der Waals surface area (Å²) in [5, 5.41) is 11.9. The Balaban J connectivity index is 2.17. The van der Waals surface area contributed by atoms with Gasteiger partial charge in [-0.3, -0.25) is 4.79 Å². The summed E-state index contributed by atoms with van der Waals surface area (Å²) < 4.78 is 1.04. The Morgan fingerprint density at radius 3 is 2.94 bits per heavy atom. The van der Waals surface area contributed by atoms with Gasteiger partial charge in [-0.2, -0.15) is 0 Å². The van der Waals surface area contributed by atoms with Gasteiger partial charge in [0.15, 0.2) is 0 Å². The van der Waals surface area contributed by atoms with E-state index in [1.165, 1.54) is 0 Å². The third kappa shape index (κ3) is 6.77. The molecule has 0 aromatic heterocycles. The van der Waals surface area contributed by atoms with Crippen LogP contribution in [-0.4, -0.2) is 23.7 Å². The van der Waals surface area contributed by atoms with E-state index < -0.39 is 0 Å². The molecule has 4 heteroatoms. The molecule has 0 heterocycles. The Bertz CT molecular complexity index is 380. The number of carbonyl (C=O) groups is 1. The summed E-state index contributed by atoms with van der Waals surface area (Å²) in [6.07, 6.45) is 2.52. The number of aryl methyl sites for hydroxylation is 1. The summed E-state index contributed by atoms with van der Waals surface area (Å²) in [4.78, 5) is 11.6. The summed E-state index contributed by atoms with van der Waals surface area (Å²) in [5.74, 6) is 0.0700. The van der Waals surface area contributed by atoms with Crippen LogP contribution in [0, 0.1) is 0 Å². The van der Waals surface area contributed by atoms with Gasteiger partial charge in [-0.15, -0.1) is 0 Å². The molecule has 0 aliphatic rings. The monoisotopic (exact) mass is 313 g/mol. The van der Waals surface area contributed by atoms with Crippen molar-refractivity contribution in [3.05, 3.63) is 34.3 Å². The van der Waals surface area contributed by atoms with Gasteiger partial charge in [0.1, 0.15) is 0 Å². The van der Waals surface area contributed by atoms with E-state index in [4.69, 9.17) is 5.11 Å². The molecule has 0 aliphatic heterocycles. The van der Waals surface area contributed by atoms with Crippen LogP contribution in [-0.2, 0) is 11.2 Å². The number of carbonyl (C=O) groups excluding carboxylic acids is 1.